The van der Waals surface area contributed by atoms with Gasteiger partial charge in [0, 0.05) is 12.0 Å². The number of aromatic nitrogens is 2. The SMILES string of the molecule is CC(C)c1ncc(Cl)c(C(=O)N2[C@H](C(=O)O)C[C@@H]3CCCC[C@@H]32)n1. The number of carbonyl (C=O) groups is 2. The molecule has 7 heteroatoms. The van der Waals surface area contributed by atoms with Crippen LogP contribution in [0.2, 0.25) is 5.02 Å². The molecule has 1 amide bonds. The number of halogens is 1. The Morgan fingerprint density at radius 1 is 1.33 bits per heavy atom. The Balaban J connectivity index is 1.97. The van der Waals surface area contributed by atoms with Gasteiger partial charge in [-0.05, 0) is 25.2 Å². The van der Waals surface area contributed by atoms with Crippen LogP contribution in [0.3, 0.4) is 0 Å². The number of hydrogen-bond donors (Lipinski definition) is 1. The highest BCUT2D eigenvalue weighted by molar-refractivity contribution is 6.33. The van der Waals surface area contributed by atoms with E-state index in [1.807, 2.05) is 13.8 Å². The van der Waals surface area contributed by atoms with E-state index in [1.165, 1.54) is 11.1 Å². The van der Waals surface area contributed by atoms with Crippen LogP contribution < -0.4 is 0 Å². The first kappa shape index (κ1) is 17.1. The molecule has 0 aromatic carbocycles. The summed E-state index contributed by atoms with van der Waals surface area (Å²) in [4.78, 5) is 34.8. The fraction of sp³-hybridized carbons (Fsp3) is 0.647. The summed E-state index contributed by atoms with van der Waals surface area (Å²) in [5.41, 5.74) is 0.118. The Kier molecular flexibility index (Phi) is 4.76. The molecule has 0 unspecified atom stereocenters. The van der Waals surface area contributed by atoms with Gasteiger partial charge in [-0.3, -0.25) is 4.79 Å². The maximum absolute atomic E-state index is 13.1. The van der Waals surface area contributed by atoms with Crippen molar-refractivity contribution in [3.05, 3.63) is 22.7 Å². The summed E-state index contributed by atoms with van der Waals surface area (Å²) < 4.78 is 0. The van der Waals surface area contributed by atoms with Crippen molar-refractivity contribution in [1.29, 1.82) is 0 Å². The summed E-state index contributed by atoms with van der Waals surface area (Å²) in [7, 11) is 0. The molecule has 1 aromatic rings. The minimum atomic E-state index is -0.952. The second kappa shape index (κ2) is 6.67. The second-order valence-electron chi connectivity index (χ2n) is 6.99. The lowest BCUT2D eigenvalue weighted by Crippen LogP contribution is -2.46. The molecule has 1 saturated heterocycles. The maximum Gasteiger partial charge on any atom is 0.326 e. The van der Waals surface area contributed by atoms with Gasteiger partial charge in [0.05, 0.1) is 11.2 Å². The van der Waals surface area contributed by atoms with Crippen molar-refractivity contribution in [3.63, 3.8) is 0 Å². The van der Waals surface area contributed by atoms with Crippen LogP contribution in [0, 0.1) is 5.92 Å². The number of rotatable bonds is 3. The van der Waals surface area contributed by atoms with Crippen molar-refractivity contribution in [2.45, 2.75) is 64.0 Å². The average Bonchev–Trinajstić information content (AvgIpc) is 2.94. The van der Waals surface area contributed by atoms with Gasteiger partial charge in [0.15, 0.2) is 5.69 Å². The van der Waals surface area contributed by atoms with Crippen molar-refractivity contribution in [1.82, 2.24) is 14.9 Å². The van der Waals surface area contributed by atoms with E-state index in [4.69, 9.17) is 11.6 Å². The zero-order chi connectivity index (χ0) is 17.4. The highest BCUT2D eigenvalue weighted by Gasteiger charge is 2.48. The normalized spacial score (nSPS) is 26.5. The Hall–Kier alpha value is -1.69. The number of carboxylic acid groups (broad SMARTS) is 1. The van der Waals surface area contributed by atoms with Crippen molar-refractivity contribution in [2.24, 2.45) is 5.92 Å². The molecule has 3 rings (SSSR count). The Labute approximate surface area is 146 Å². The van der Waals surface area contributed by atoms with Gasteiger partial charge in [-0.1, -0.05) is 38.3 Å². The lowest BCUT2D eigenvalue weighted by atomic mass is 9.84. The molecule has 2 fully saturated rings. The summed E-state index contributed by atoms with van der Waals surface area (Å²) in [6.07, 6.45) is 5.90. The van der Waals surface area contributed by atoms with Crippen molar-refractivity contribution in [2.75, 3.05) is 0 Å². The van der Waals surface area contributed by atoms with E-state index < -0.39 is 12.0 Å². The first-order chi connectivity index (χ1) is 11.4. The fourth-order valence-corrected chi connectivity index (χ4v) is 4.08. The van der Waals surface area contributed by atoms with Crippen molar-refractivity contribution in [3.8, 4) is 0 Å². The molecular formula is C17H22ClN3O3. The first-order valence-corrected chi connectivity index (χ1v) is 8.85. The number of carbonyl (C=O) groups excluding carboxylic acids is 1. The highest BCUT2D eigenvalue weighted by Crippen LogP contribution is 2.40. The molecule has 1 aliphatic heterocycles. The summed E-state index contributed by atoms with van der Waals surface area (Å²) in [5, 5.41) is 9.75. The van der Waals surface area contributed by atoms with Crippen LogP contribution >= 0.6 is 11.6 Å². The van der Waals surface area contributed by atoms with E-state index in [0.717, 1.165) is 25.7 Å². The van der Waals surface area contributed by atoms with Crippen LogP contribution in [0.15, 0.2) is 6.20 Å². The van der Waals surface area contributed by atoms with Crippen molar-refractivity contribution >= 4 is 23.5 Å². The van der Waals surface area contributed by atoms with E-state index in [9.17, 15) is 14.7 Å². The molecule has 1 N–H and O–H groups in total. The number of hydrogen-bond acceptors (Lipinski definition) is 4. The van der Waals surface area contributed by atoms with Crippen LogP contribution in [0.25, 0.3) is 0 Å². The number of amides is 1. The van der Waals surface area contributed by atoms with Gasteiger partial charge in [0.1, 0.15) is 11.9 Å². The molecule has 3 atom stereocenters. The lowest BCUT2D eigenvalue weighted by molar-refractivity contribution is -0.141. The predicted molar refractivity (Wildman–Crippen MR) is 89.1 cm³/mol. The molecule has 0 spiro atoms. The van der Waals surface area contributed by atoms with Gasteiger partial charge in [0.25, 0.3) is 5.91 Å². The van der Waals surface area contributed by atoms with E-state index in [-0.39, 0.29) is 34.5 Å². The van der Waals surface area contributed by atoms with E-state index in [1.54, 1.807) is 0 Å². The van der Waals surface area contributed by atoms with Crippen LogP contribution in [-0.4, -0.2) is 43.9 Å². The van der Waals surface area contributed by atoms with Gasteiger partial charge in [-0.15, -0.1) is 0 Å². The largest absolute Gasteiger partial charge is 0.480 e. The molecule has 1 aliphatic carbocycles. The van der Waals surface area contributed by atoms with Crippen LogP contribution in [0.4, 0.5) is 0 Å². The third-order valence-electron chi connectivity index (χ3n) is 5.09. The van der Waals surface area contributed by atoms with Crippen molar-refractivity contribution < 1.29 is 14.7 Å². The summed E-state index contributed by atoms with van der Waals surface area (Å²) in [5.74, 6) is -0.480. The van der Waals surface area contributed by atoms with Gasteiger partial charge in [-0.2, -0.15) is 0 Å². The number of carboxylic acids is 1. The minimum absolute atomic E-state index is 0.0270. The summed E-state index contributed by atoms with van der Waals surface area (Å²) in [6.45, 7) is 3.87. The minimum Gasteiger partial charge on any atom is -0.480 e. The van der Waals surface area contributed by atoms with Gasteiger partial charge < -0.3 is 10.0 Å². The first-order valence-electron chi connectivity index (χ1n) is 8.48. The number of aliphatic carboxylic acids is 1. The molecule has 2 heterocycles. The van der Waals surface area contributed by atoms with Gasteiger partial charge in [-0.25, -0.2) is 14.8 Å². The van der Waals surface area contributed by atoms with Gasteiger partial charge >= 0.3 is 5.97 Å². The molecule has 2 aliphatic rings. The van der Waals surface area contributed by atoms with E-state index in [2.05, 4.69) is 9.97 Å². The zero-order valence-corrected chi connectivity index (χ0v) is 14.7. The molecule has 0 radical (unpaired) electrons. The lowest BCUT2D eigenvalue weighted by Gasteiger charge is -2.33. The van der Waals surface area contributed by atoms with Gasteiger partial charge in [0.2, 0.25) is 0 Å². The molecule has 0 bridgehead atoms. The zero-order valence-electron chi connectivity index (χ0n) is 13.9. The number of fused-ring (bicyclic) bond motifs is 1. The van der Waals surface area contributed by atoms with Crippen LogP contribution in [-0.2, 0) is 4.79 Å². The standard InChI is InChI=1S/C17H22ClN3O3/c1-9(2)15-19-8-11(18)14(20-15)16(22)21-12-6-4-3-5-10(12)7-13(21)17(23)24/h8-10,12-13H,3-7H2,1-2H3,(H,23,24)/t10-,12-,13-/m0/s1. The maximum atomic E-state index is 13.1. The summed E-state index contributed by atoms with van der Waals surface area (Å²) in [6, 6.07) is -0.819. The topological polar surface area (TPSA) is 83.4 Å². The predicted octanol–water partition coefficient (Wildman–Crippen LogP) is 3.11. The van der Waals surface area contributed by atoms with E-state index >= 15 is 0 Å². The quantitative estimate of drug-likeness (QED) is 0.904. The Morgan fingerprint density at radius 2 is 2.04 bits per heavy atom. The highest BCUT2D eigenvalue weighted by atomic mass is 35.5. The van der Waals surface area contributed by atoms with Crippen LogP contribution in [0.5, 0.6) is 0 Å². The van der Waals surface area contributed by atoms with E-state index in [0.29, 0.717) is 12.2 Å². The third kappa shape index (κ3) is 2.99. The second-order valence-corrected chi connectivity index (χ2v) is 7.40. The number of nitrogens with zero attached hydrogens (tertiary/aromatic N) is 3. The molecular weight excluding hydrogens is 330 g/mol. The molecule has 130 valence electrons. The fourth-order valence-electron chi connectivity index (χ4n) is 3.90. The van der Waals surface area contributed by atoms with Crippen LogP contribution in [0.1, 0.15) is 68.2 Å². The third-order valence-corrected chi connectivity index (χ3v) is 5.37. The average molecular weight is 352 g/mol. The summed E-state index contributed by atoms with van der Waals surface area (Å²) >= 11 is 6.16. The molecule has 1 aromatic heterocycles. The number of likely N-dealkylation sites (tertiary alicyclic amines) is 1. The smallest absolute Gasteiger partial charge is 0.326 e. The molecule has 1 saturated carbocycles. The Bertz CT molecular complexity index is 664. The Morgan fingerprint density at radius 3 is 2.71 bits per heavy atom. The molecule has 24 heavy (non-hydrogen) atoms. The monoisotopic (exact) mass is 351 g/mol. The molecule has 6 nitrogen and oxygen atoms in total.